The van der Waals surface area contributed by atoms with Crippen LogP contribution < -0.4 is 2.89 Å². The van der Waals surface area contributed by atoms with Gasteiger partial charge in [0.25, 0.3) is 0 Å². The SMILES string of the molecule is CCC[CH2][Sn]([CH2]CCC)([CH2]CCC)[c]1cc(C)cs1. The van der Waals surface area contributed by atoms with Crippen molar-refractivity contribution in [3.63, 3.8) is 0 Å². The van der Waals surface area contributed by atoms with Crippen molar-refractivity contribution >= 4 is 32.6 Å². The van der Waals surface area contributed by atoms with Crippen molar-refractivity contribution in [1.82, 2.24) is 0 Å². The van der Waals surface area contributed by atoms with Crippen LogP contribution in [0.5, 0.6) is 0 Å². The van der Waals surface area contributed by atoms with Crippen molar-refractivity contribution in [1.29, 1.82) is 0 Å². The fourth-order valence-corrected chi connectivity index (χ4v) is 23.2. The maximum atomic E-state index is 2.56. The summed E-state index contributed by atoms with van der Waals surface area (Å²) in [5.74, 6) is 0. The molecule has 2 heteroatoms. The topological polar surface area (TPSA) is 0 Å². The Morgan fingerprint density at radius 2 is 1.37 bits per heavy atom. The molecule has 0 saturated carbocycles. The van der Waals surface area contributed by atoms with Crippen molar-refractivity contribution in [3.8, 4) is 0 Å². The van der Waals surface area contributed by atoms with Gasteiger partial charge in [-0.05, 0) is 0 Å². The van der Waals surface area contributed by atoms with Crippen LogP contribution in [0.3, 0.4) is 0 Å². The van der Waals surface area contributed by atoms with E-state index < -0.39 is 18.4 Å². The van der Waals surface area contributed by atoms with Crippen LogP contribution in [0.2, 0.25) is 13.3 Å². The predicted molar refractivity (Wildman–Crippen MR) is 93.6 cm³/mol. The van der Waals surface area contributed by atoms with Crippen LogP contribution in [0.25, 0.3) is 0 Å². The quantitative estimate of drug-likeness (QED) is 0.425. The van der Waals surface area contributed by atoms with Gasteiger partial charge in [0.2, 0.25) is 0 Å². The van der Waals surface area contributed by atoms with Crippen molar-refractivity contribution in [2.24, 2.45) is 0 Å². The molecule has 0 fully saturated rings. The molecule has 0 aliphatic heterocycles. The molecule has 1 rings (SSSR count). The first kappa shape index (κ1) is 17.5. The Morgan fingerprint density at radius 3 is 1.68 bits per heavy atom. The molecule has 0 spiro atoms. The van der Waals surface area contributed by atoms with Crippen LogP contribution in [0.15, 0.2) is 11.4 Å². The van der Waals surface area contributed by atoms with E-state index in [2.05, 4.69) is 50.5 Å². The molecule has 0 amide bonds. The Bertz CT molecular complexity index is 321. The molecule has 0 bridgehead atoms. The zero-order chi connectivity index (χ0) is 14.1. The Morgan fingerprint density at radius 1 is 0.895 bits per heavy atom. The summed E-state index contributed by atoms with van der Waals surface area (Å²) in [6, 6.07) is 2.56. The molecule has 0 nitrogen and oxygen atoms in total. The number of rotatable bonds is 10. The number of thiophene rings is 1. The van der Waals surface area contributed by atoms with Gasteiger partial charge in [0.15, 0.2) is 0 Å². The van der Waals surface area contributed by atoms with Crippen LogP contribution in [0, 0.1) is 6.92 Å². The van der Waals surface area contributed by atoms with E-state index in [1.54, 1.807) is 13.3 Å². The number of unbranched alkanes of at least 4 members (excludes halogenated alkanes) is 3. The molecule has 0 aliphatic rings. The van der Waals surface area contributed by atoms with E-state index in [0.29, 0.717) is 0 Å². The van der Waals surface area contributed by atoms with Crippen LogP contribution in [-0.4, -0.2) is 18.4 Å². The molecule has 0 radical (unpaired) electrons. The second kappa shape index (κ2) is 9.44. The summed E-state index contributed by atoms with van der Waals surface area (Å²) >= 11 is 0.0446. The van der Waals surface area contributed by atoms with Crippen LogP contribution in [0.1, 0.15) is 64.9 Å². The molecule has 1 aromatic heterocycles. The Hall–Kier alpha value is 0.499. The van der Waals surface area contributed by atoms with Gasteiger partial charge in [-0.2, -0.15) is 0 Å². The van der Waals surface area contributed by atoms with E-state index in [0.717, 1.165) is 0 Å². The van der Waals surface area contributed by atoms with Crippen molar-refractivity contribution in [2.45, 2.75) is 79.5 Å². The molecule has 19 heavy (non-hydrogen) atoms. The third-order valence-electron chi connectivity index (χ3n) is 4.28. The van der Waals surface area contributed by atoms with Gasteiger partial charge < -0.3 is 0 Å². The van der Waals surface area contributed by atoms with Crippen LogP contribution in [-0.2, 0) is 0 Å². The first-order valence-corrected chi connectivity index (χ1v) is 16.6. The molecule has 0 aromatic carbocycles. The average Bonchev–Trinajstić information content (AvgIpc) is 2.85. The second-order valence-electron chi connectivity index (χ2n) is 6.08. The average molecular weight is 387 g/mol. The van der Waals surface area contributed by atoms with Gasteiger partial charge in [-0.15, -0.1) is 0 Å². The van der Waals surface area contributed by atoms with E-state index in [1.807, 2.05) is 2.89 Å². The minimum atomic E-state index is -2.06. The van der Waals surface area contributed by atoms with Crippen LogP contribution in [0.4, 0.5) is 0 Å². The van der Waals surface area contributed by atoms with Gasteiger partial charge in [0.05, 0.1) is 0 Å². The predicted octanol–water partition coefficient (Wildman–Crippen LogP) is 6.11. The molecule has 1 aromatic rings. The molecule has 0 N–H and O–H groups in total. The zero-order valence-corrected chi connectivity index (χ0v) is 17.1. The van der Waals surface area contributed by atoms with E-state index in [9.17, 15) is 0 Å². The van der Waals surface area contributed by atoms with E-state index >= 15 is 0 Å². The second-order valence-corrected chi connectivity index (χ2v) is 21.2. The summed E-state index contributed by atoms with van der Waals surface area (Å²) in [4.78, 5) is 0. The summed E-state index contributed by atoms with van der Waals surface area (Å²) in [6.45, 7) is 9.35. The van der Waals surface area contributed by atoms with Gasteiger partial charge in [-0.25, -0.2) is 0 Å². The number of aryl methyl sites for hydroxylation is 1. The summed E-state index contributed by atoms with van der Waals surface area (Å²) in [5.41, 5.74) is 1.51. The molecular weight excluding hydrogens is 355 g/mol. The Kier molecular flexibility index (Phi) is 8.72. The van der Waals surface area contributed by atoms with Crippen molar-refractivity contribution < 1.29 is 0 Å². The fourth-order valence-electron chi connectivity index (χ4n) is 3.00. The molecule has 0 saturated heterocycles. The maximum absolute atomic E-state index is 2.56. The number of hydrogen-bond donors (Lipinski definition) is 0. The number of hydrogen-bond acceptors (Lipinski definition) is 1. The summed E-state index contributed by atoms with van der Waals surface area (Å²) in [7, 11) is 0. The molecular formula is C17H32SSn. The molecule has 0 aliphatic carbocycles. The first-order valence-electron chi connectivity index (χ1n) is 8.24. The summed E-state index contributed by atoms with van der Waals surface area (Å²) < 4.78 is 6.68. The van der Waals surface area contributed by atoms with Crippen LogP contribution >= 0.6 is 11.3 Å². The van der Waals surface area contributed by atoms with Gasteiger partial charge >= 0.3 is 129 Å². The van der Waals surface area contributed by atoms with E-state index in [-0.39, 0.29) is 0 Å². The van der Waals surface area contributed by atoms with Gasteiger partial charge in [0, 0.05) is 0 Å². The first-order chi connectivity index (χ1) is 9.18. The molecule has 110 valence electrons. The van der Waals surface area contributed by atoms with Gasteiger partial charge in [-0.3, -0.25) is 0 Å². The standard InChI is InChI=1S/C5H5S.3C4H9.Sn/c1-5-2-3-6-4-5;3*1-3-4-2;/h2,4H,1H3;3*1,3-4H2,2H3;. The third kappa shape index (κ3) is 5.41. The monoisotopic (exact) mass is 388 g/mol. The normalized spacial score (nSPS) is 12.0. The molecule has 0 unspecified atom stereocenters. The minimum absolute atomic E-state index is 1.38. The molecule has 1 heterocycles. The van der Waals surface area contributed by atoms with Gasteiger partial charge in [0.1, 0.15) is 0 Å². The van der Waals surface area contributed by atoms with Gasteiger partial charge in [-0.1, -0.05) is 0 Å². The third-order valence-corrected chi connectivity index (χ3v) is 23.7. The van der Waals surface area contributed by atoms with E-state index in [4.69, 9.17) is 0 Å². The Labute approximate surface area is 128 Å². The summed E-state index contributed by atoms with van der Waals surface area (Å²) in [5, 5.41) is 2.39. The zero-order valence-electron chi connectivity index (χ0n) is 13.4. The summed E-state index contributed by atoms with van der Waals surface area (Å²) in [6.07, 6.45) is 8.55. The molecule has 0 atom stereocenters. The van der Waals surface area contributed by atoms with Crippen molar-refractivity contribution in [2.75, 3.05) is 0 Å². The fraction of sp³-hybridized carbons (Fsp3) is 0.765. The Balaban J connectivity index is 2.93. The van der Waals surface area contributed by atoms with Crippen molar-refractivity contribution in [3.05, 3.63) is 17.0 Å². The van der Waals surface area contributed by atoms with E-state index in [1.165, 1.54) is 44.1 Å².